The Balaban J connectivity index is 1.62. The topological polar surface area (TPSA) is 41.6 Å². The van der Waals surface area contributed by atoms with Crippen LogP contribution in [0.25, 0.3) is 0 Å². The number of nitrogens with one attached hydrogen (secondary N) is 1. The van der Waals surface area contributed by atoms with Crippen molar-refractivity contribution >= 4 is 5.91 Å². The van der Waals surface area contributed by atoms with Gasteiger partial charge in [0.15, 0.2) is 0 Å². The van der Waals surface area contributed by atoms with Crippen LogP contribution in [0.3, 0.4) is 0 Å². The Morgan fingerprint density at radius 3 is 2.96 bits per heavy atom. The van der Waals surface area contributed by atoms with Crippen LogP contribution in [0.4, 0.5) is 4.39 Å². The number of methoxy groups -OCH3 is 1. The molecular weight excluding hydrogens is 331 g/mol. The van der Waals surface area contributed by atoms with E-state index in [0.717, 1.165) is 24.3 Å². The van der Waals surface area contributed by atoms with E-state index in [1.54, 1.807) is 19.2 Å². The Morgan fingerprint density at radius 2 is 2.15 bits per heavy atom. The number of amides is 1. The van der Waals surface area contributed by atoms with Gasteiger partial charge in [0, 0.05) is 25.7 Å². The fourth-order valence-corrected chi connectivity index (χ4v) is 3.39. The van der Waals surface area contributed by atoms with Gasteiger partial charge in [0.1, 0.15) is 11.6 Å². The highest BCUT2D eigenvalue weighted by atomic mass is 19.1. The number of carbonyl (C=O) groups is 1. The molecule has 5 heteroatoms. The smallest absolute Gasteiger partial charge is 0.227 e. The van der Waals surface area contributed by atoms with E-state index in [-0.39, 0.29) is 24.2 Å². The van der Waals surface area contributed by atoms with Gasteiger partial charge < -0.3 is 15.0 Å². The monoisotopic (exact) mass is 356 g/mol. The van der Waals surface area contributed by atoms with Crippen LogP contribution in [0.2, 0.25) is 0 Å². The number of piperazine rings is 1. The number of halogens is 1. The summed E-state index contributed by atoms with van der Waals surface area (Å²) in [6.07, 6.45) is 0.930. The zero-order valence-electron chi connectivity index (χ0n) is 15.3. The number of hydrogen-bond acceptors (Lipinski definition) is 3. The lowest BCUT2D eigenvalue weighted by molar-refractivity contribution is -0.131. The van der Waals surface area contributed by atoms with E-state index in [4.69, 9.17) is 4.74 Å². The first-order chi connectivity index (χ1) is 12.5. The van der Waals surface area contributed by atoms with Gasteiger partial charge in [-0.15, -0.1) is 0 Å². The van der Waals surface area contributed by atoms with Gasteiger partial charge >= 0.3 is 0 Å². The van der Waals surface area contributed by atoms with Crippen LogP contribution < -0.4 is 10.1 Å². The van der Waals surface area contributed by atoms with Crippen LogP contribution in [-0.4, -0.2) is 43.6 Å². The molecule has 0 bridgehead atoms. The normalized spacial score (nSPS) is 17.2. The summed E-state index contributed by atoms with van der Waals surface area (Å²) in [5, 5.41) is 3.47. The van der Waals surface area contributed by atoms with Gasteiger partial charge in [0.25, 0.3) is 0 Å². The molecule has 3 rings (SSSR count). The third-order valence-electron chi connectivity index (χ3n) is 4.77. The van der Waals surface area contributed by atoms with Crippen molar-refractivity contribution in [2.24, 2.45) is 0 Å². The summed E-state index contributed by atoms with van der Waals surface area (Å²) in [6, 6.07) is 13.1. The summed E-state index contributed by atoms with van der Waals surface area (Å²) < 4.78 is 19.2. The van der Waals surface area contributed by atoms with E-state index < -0.39 is 0 Å². The molecule has 26 heavy (non-hydrogen) atoms. The Morgan fingerprint density at radius 1 is 1.31 bits per heavy atom. The highest BCUT2D eigenvalue weighted by Gasteiger charge is 2.24. The lowest BCUT2D eigenvalue weighted by Crippen LogP contribution is -2.53. The average molecular weight is 356 g/mol. The van der Waals surface area contributed by atoms with Crippen LogP contribution in [0.1, 0.15) is 16.7 Å². The third-order valence-corrected chi connectivity index (χ3v) is 4.77. The predicted molar refractivity (Wildman–Crippen MR) is 99.9 cm³/mol. The zero-order chi connectivity index (χ0) is 18.5. The average Bonchev–Trinajstić information content (AvgIpc) is 2.65. The molecule has 1 unspecified atom stereocenters. The third kappa shape index (κ3) is 4.61. The zero-order valence-corrected chi connectivity index (χ0v) is 15.3. The number of benzene rings is 2. The van der Waals surface area contributed by atoms with Crippen molar-refractivity contribution in [2.45, 2.75) is 25.8 Å². The van der Waals surface area contributed by atoms with E-state index in [9.17, 15) is 9.18 Å². The van der Waals surface area contributed by atoms with Crippen LogP contribution in [0.5, 0.6) is 5.75 Å². The molecule has 0 aromatic heterocycles. The summed E-state index contributed by atoms with van der Waals surface area (Å²) >= 11 is 0. The Kier molecular flexibility index (Phi) is 5.89. The molecule has 1 amide bonds. The molecule has 0 aliphatic carbocycles. The van der Waals surface area contributed by atoms with Crippen molar-refractivity contribution in [3.05, 3.63) is 65.0 Å². The summed E-state index contributed by atoms with van der Waals surface area (Å²) in [4.78, 5) is 14.5. The van der Waals surface area contributed by atoms with Gasteiger partial charge in [-0.05, 0) is 42.7 Å². The van der Waals surface area contributed by atoms with Gasteiger partial charge in [0.05, 0.1) is 13.5 Å². The summed E-state index contributed by atoms with van der Waals surface area (Å²) in [6.45, 7) is 3.93. The van der Waals surface area contributed by atoms with Gasteiger partial charge in [0.2, 0.25) is 5.91 Å². The Hall–Kier alpha value is -2.40. The second-order valence-electron chi connectivity index (χ2n) is 6.82. The SMILES string of the molecule is COc1cccc(CC2CN(C(=O)Cc3cc(C)ccc3F)CCN2)c1. The van der Waals surface area contributed by atoms with Crippen molar-refractivity contribution in [3.63, 3.8) is 0 Å². The number of nitrogens with zero attached hydrogens (tertiary/aromatic N) is 1. The molecule has 1 saturated heterocycles. The number of rotatable bonds is 5. The van der Waals surface area contributed by atoms with Gasteiger partial charge in [-0.25, -0.2) is 4.39 Å². The van der Waals surface area contributed by atoms with Gasteiger partial charge in [-0.2, -0.15) is 0 Å². The van der Waals surface area contributed by atoms with Crippen LogP contribution in [0.15, 0.2) is 42.5 Å². The quantitative estimate of drug-likeness (QED) is 0.896. The summed E-state index contributed by atoms with van der Waals surface area (Å²) in [7, 11) is 1.66. The van der Waals surface area contributed by atoms with Crippen molar-refractivity contribution in [3.8, 4) is 5.75 Å². The fraction of sp³-hybridized carbons (Fsp3) is 0.381. The van der Waals surface area contributed by atoms with E-state index in [0.29, 0.717) is 18.7 Å². The number of ether oxygens (including phenoxy) is 1. The molecule has 1 aliphatic rings. The van der Waals surface area contributed by atoms with Crippen LogP contribution in [0, 0.1) is 12.7 Å². The van der Waals surface area contributed by atoms with Gasteiger partial charge in [-0.3, -0.25) is 4.79 Å². The number of aryl methyl sites for hydroxylation is 1. The maximum absolute atomic E-state index is 13.9. The van der Waals surface area contributed by atoms with Crippen molar-refractivity contribution in [1.82, 2.24) is 10.2 Å². The molecule has 1 heterocycles. The maximum atomic E-state index is 13.9. The molecule has 138 valence electrons. The number of carbonyl (C=O) groups excluding carboxylic acids is 1. The lowest BCUT2D eigenvalue weighted by atomic mass is 10.0. The highest BCUT2D eigenvalue weighted by Crippen LogP contribution is 2.16. The Bertz CT molecular complexity index is 778. The molecule has 2 aromatic carbocycles. The molecule has 1 aliphatic heterocycles. The Labute approximate surface area is 154 Å². The van der Waals surface area contributed by atoms with E-state index in [1.807, 2.05) is 30.0 Å². The molecule has 4 nitrogen and oxygen atoms in total. The van der Waals surface area contributed by atoms with Crippen molar-refractivity contribution in [1.29, 1.82) is 0 Å². The van der Waals surface area contributed by atoms with Crippen molar-refractivity contribution < 1.29 is 13.9 Å². The van der Waals surface area contributed by atoms with Crippen LogP contribution in [-0.2, 0) is 17.6 Å². The van der Waals surface area contributed by atoms with E-state index in [1.165, 1.54) is 11.6 Å². The second-order valence-corrected chi connectivity index (χ2v) is 6.82. The molecule has 1 atom stereocenters. The maximum Gasteiger partial charge on any atom is 0.227 e. The highest BCUT2D eigenvalue weighted by molar-refractivity contribution is 5.79. The minimum absolute atomic E-state index is 0.0216. The molecule has 1 N–H and O–H groups in total. The minimum Gasteiger partial charge on any atom is -0.497 e. The number of hydrogen-bond donors (Lipinski definition) is 1. The lowest BCUT2D eigenvalue weighted by Gasteiger charge is -2.34. The first-order valence-corrected chi connectivity index (χ1v) is 8.94. The molecule has 1 fully saturated rings. The van der Waals surface area contributed by atoms with Crippen LogP contribution >= 0.6 is 0 Å². The first kappa shape index (κ1) is 18.4. The molecule has 2 aromatic rings. The van der Waals surface area contributed by atoms with Crippen molar-refractivity contribution in [2.75, 3.05) is 26.7 Å². The van der Waals surface area contributed by atoms with E-state index >= 15 is 0 Å². The molecular formula is C21H25FN2O2. The minimum atomic E-state index is -0.313. The molecule has 0 radical (unpaired) electrons. The second kappa shape index (κ2) is 8.32. The summed E-state index contributed by atoms with van der Waals surface area (Å²) in [5.74, 6) is 0.500. The molecule has 0 saturated carbocycles. The predicted octanol–water partition coefficient (Wildman–Crippen LogP) is 2.73. The standard InChI is InChI=1S/C21H25FN2O2/c1-15-6-7-20(22)17(10-15)13-21(25)24-9-8-23-18(14-24)11-16-4-3-5-19(12-16)26-2/h3-7,10,12,18,23H,8-9,11,13-14H2,1-2H3. The largest absolute Gasteiger partial charge is 0.497 e. The fourth-order valence-electron chi connectivity index (χ4n) is 3.39. The summed E-state index contributed by atoms with van der Waals surface area (Å²) in [5.41, 5.74) is 2.60. The first-order valence-electron chi connectivity index (χ1n) is 8.94. The molecule has 0 spiro atoms. The van der Waals surface area contributed by atoms with Gasteiger partial charge in [-0.1, -0.05) is 29.8 Å². The van der Waals surface area contributed by atoms with E-state index in [2.05, 4.69) is 11.4 Å².